The largest absolute Gasteiger partial charge is 0.504 e. The van der Waals surface area contributed by atoms with Crippen LogP contribution in [0.4, 0.5) is 0 Å². The summed E-state index contributed by atoms with van der Waals surface area (Å²) >= 11 is 0. The molecule has 1 amide bonds. The number of para-hydroxylation sites is 2. The Hall–Kier alpha value is -2.53. The van der Waals surface area contributed by atoms with Gasteiger partial charge in [-0.2, -0.15) is 0 Å². The van der Waals surface area contributed by atoms with Gasteiger partial charge in [0.05, 0.1) is 0 Å². The van der Waals surface area contributed by atoms with Crippen LogP contribution in [-0.4, -0.2) is 30.3 Å². The van der Waals surface area contributed by atoms with Crippen LogP contribution in [0.5, 0.6) is 11.5 Å². The minimum atomic E-state index is -0.421. The molecule has 0 spiro atoms. The van der Waals surface area contributed by atoms with Gasteiger partial charge in [0, 0.05) is 6.54 Å². The van der Waals surface area contributed by atoms with Crippen molar-refractivity contribution in [1.29, 1.82) is 0 Å². The fourth-order valence-corrected chi connectivity index (χ4v) is 2.40. The highest BCUT2D eigenvalue weighted by molar-refractivity contribution is 5.77. The Morgan fingerprint density at radius 1 is 1.14 bits per heavy atom. The Balaban J connectivity index is 1.86. The summed E-state index contributed by atoms with van der Waals surface area (Å²) in [5, 5.41) is 12.7. The Morgan fingerprint density at radius 2 is 1.86 bits per heavy atom. The first-order valence-electron chi connectivity index (χ1n) is 7.12. The predicted octanol–water partition coefficient (Wildman–Crippen LogP) is 2.03. The van der Waals surface area contributed by atoms with Crippen LogP contribution in [0.1, 0.15) is 11.7 Å². The number of ether oxygens (including phenoxy) is 2. The second-order valence-corrected chi connectivity index (χ2v) is 5.07. The van der Waals surface area contributed by atoms with Gasteiger partial charge in [-0.3, -0.25) is 4.79 Å². The average molecular weight is 299 g/mol. The first-order chi connectivity index (χ1) is 10.7. The van der Waals surface area contributed by atoms with Crippen molar-refractivity contribution < 1.29 is 19.4 Å². The van der Waals surface area contributed by atoms with Crippen LogP contribution >= 0.6 is 0 Å². The molecule has 1 heterocycles. The molecule has 0 bridgehead atoms. The molecule has 5 heteroatoms. The molecule has 2 aromatic carbocycles. The van der Waals surface area contributed by atoms with Gasteiger partial charge in [0.2, 0.25) is 5.91 Å². The fraction of sp³-hybridized carbons (Fsp3) is 0.235. The zero-order valence-electron chi connectivity index (χ0n) is 11.9. The van der Waals surface area contributed by atoms with E-state index in [9.17, 15) is 9.90 Å². The second kappa shape index (κ2) is 6.49. The molecule has 0 aromatic heterocycles. The van der Waals surface area contributed by atoms with Gasteiger partial charge in [0.25, 0.3) is 0 Å². The molecule has 3 rings (SSSR count). The minimum Gasteiger partial charge on any atom is -0.504 e. The summed E-state index contributed by atoms with van der Waals surface area (Å²) in [6.45, 7) is 0.379. The molecule has 2 N–H and O–H groups in total. The minimum absolute atomic E-state index is 0.0120. The average Bonchev–Trinajstić information content (AvgIpc) is 2.56. The number of rotatable bonds is 4. The topological polar surface area (TPSA) is 67.8 Å². The Morgan fingerprint density at radius 3 is 2.55 bits per heavy atom. The summed E-state index contributed by atoms with van der Waals surface area (Å²) in [5.74, 6) is 0.325. The number of amides is 1. The van der Waals surface area contributed by atoms with Crippen molar-refractivity contribution in [3.8, 4) is 11.5 Å². The van der Waals surface area contributed by atoms with Crippen LogP contribution in [-0.2, 0) is 9.53 Å². The zero-order valence-corrected chi connectivity index (χ0v) is 11.9. The number of carbonyl (C=O) groups excluding carboxylic acids is 1. The molecule has 114 valence electrons. The summed E-state index contributed by atoms with van der Waals surface area (Å²) in [6, 6.07) is 16.4. The molecule has 0 saturated carbocycles. The van der Waals surface area contributed by atoms with E-state index < -0.39 is 6.10 Å². The number of hydrogen-bond donors (Lipinski definition) is 2. The van der Waals surface area contributed by atoms with Crippen molar-refractivity contribution in [3.63, 3.8) is 0 Å². The molecular formula is C17H17NO4. The van der Waals surface area contributed by atoms with Crippen LogP contribution in [0.3, 0.4) is 0 Å². The molecule has 1 saturated heterocycles. The number of benzene rings is 2. The van der Waals surface area contributed by atoms with Gasteiger partial charge in [0.1, 0.15) is 12.7 Å². The summed E-state index contributed by atoms with van der Waals surface area (Å²) in [4.78, 5) is 11.3. The third-order valence-electron chi connectivity index (χ3n) is 3.51. The van der Waals surface area contributed by atoms with Gasteiger partial charge in [-0.1, -0.05) is 42.5 Å². The van der Waals surface area contributed by atoms with Crippen LogP contribution in [0.15, 0.2) is 54.6 Å². The van der Waals surface area contributed by atoms with E-state index in [2.05, 4.69) is 5.32 Å². The maximum atomic E-state index is 11.3. The molecule has 1 aliphatic rings. The lowest BCUT2D eigenvalue weighted by Gasteiger charge is -2.31. The smallest absolute Gasteiger partial charge is 0.246 e. The van der Waals surface area contributed by atoms with Gasteiger partial charge in [0.15, 0.2) is 17.6 Å². The number of carbonyl (C=O) groups is 1. The highest BCUT2D eigenvalue weighted by atomic mass is 16.5. The van der Waals surface area contributed by atoms with Crippen molar-refractivity contribution >= 4 is 5.91 Å². The highest BCUT2D eigenvalue weighted by Crippen LogP contribution is 2.32. The second-order valence-electron chi connectivity index (χ2n) is 5.07. The standard InChI is InChI=1S/C17H17NO4/c19-13-8-4-5-9-14(13)22-17(12-6-2-1-3-7-12)15-10-18-16(20)11-21-15/h1-9,15,17,19H,10-11H2,(H,18,20)/t15?,17-/m0/s1. The van der Waals surface area contributed by atoms with Gasteiger partial charge in [-0.25, -0.2) is 0 Å². The van der Waals surface area contributed by atoms with Gasteiger partial charge in [-0.05, 0) is 17.7 Å². The van der Waals surface area contributed by atoms with Crippen molar-refractivity contribution in [2.75, 3.05) is 13.2 Å². The molecule has 0 radical (unpaired) electrons. The molecule has 2 aromatic rings. The number of nitrogens with one attached hydrogen (secondary N) is 1. The summed E-state index contributed by atoms with van der Waals surface area (Å²) in [7, 11) is 0. The van der Waals surface area contributed by atoms with Crippen LogP contribution in [0, 0.1) is 0 Å². The summed E-state index contributed by atoms with van der Waals surface area (Å²) < 4.78 is 11.6. The number of phenols is 1. The molecule has 1 aliphatic heterocycles. The number of hydrogen-bond acceptors (Lipinski definition) is 4. The van der Waals surface area contributed by atoms with Crippen LogP contribution < -0.4 is 10.1 Å². The first kappa shape index (κ1) is 14.4. The third-order valence-corrected chi connectivity index (χ3v) is 3.51. The van der Waals surface area contributed by atoms with Gasteiger partial charge in [-0.15, -0.1) is 0 Å². The Labute approximate surface area is 128 Å². The number of morpholine rings is 1. The van der Waals surface area contributed by atoms with E-state index in [-0.39, 0.29) is 24.4 Å². The molecule has 5 nitrogen and oxygen atoms in total. The maximum absolute atomic E-state index is 11.3. The maximum Gasteiger partial charge on any atom is 0.246 e. The van der Waals surface area contributed by atoms with Crippen molar-refractivity contribution in [1.82, 2.24) is 5.32 Å². The monoisotopic (exact) mass is 299 g/mol. The summed E-state index contributed by atoms with van der Waals surface area (Å²) in [6.07, 6.45) is -0.741. The molecule has 2 atom stereocenters. The van der Waals surface area contributed by atoms with Crippen molar-refractivity contribution in [2.24, 2.45) is 0 Å². The third kappa shape index (κ3) is 3.20. The Kier molecular flexibility index (Phi) is 4.25. The van der Waals surface area contributed by atoms with E-state index in [1.807, 2.05) is 30.3 Å². The number of aromatic hydroxyl groups is 1. The quantitative estimate of drug-likeness (QED) is 0.906. The Bertz CT molecular complexity index is 634. The lowest BCUT2D eigenvalue weighted by atomic mass is 10.0. The number of phenolic OH excluding ortho intramolecular Hbond substituents is 1. The van der Waals surface area contributed by atoms with Crippen molar-refractivity contribution in [3.05, 3.63) is 60.2 Å². The molecule has 1 fully saturated rings. The molecule has 1 unspecified atom stereocenters. The van der Waals surface area contributed by atoms with Crippen LogP contribution in [0.2, 0.25) is 0 Å². The van der Waals surface area contributed by atoms with E-state index >= 15 is 0 Å². The lowest BCUT2D eigenvalue weighted by Crippen LogP contribution is -2.46. The van der Waals surface area contributed by atoms with E-state index in [0.29, 0.717) is 12.3 Å². The van der Waals surface area contributed by atoms with E-state index in [4.69, 9.17) is 9.47 Å². The highest BCUT2D eigenvalue weighted by Gasteiger charge is 2.30. The van der Waals surface area contributed by atoms with Gasteiger partial charge < -0.3 is 19.9 Å². The fourth-order valence-electron chi connectivity index (χ4n) is 2.40. The molecular weight excluding hydrogens is 282 g/mol. The van der Waals surface area contributed by atoms with Crippen LogP contribution in [0.25, 0.3) is 0 Å². The zero-order chi connectivity index (χ0) is 15.4. The van der Waals surface area contributed by atoms with E-state index in [1.165, 1.54) is 0 Å². The van der Waals surface area contributed by atoms with Crippen molar-refractivity contribution in [2.45, 2.75) is 12.2 Å². The first-order valence-corrected chi connectivity index (χ1v) is 7.12. The SMILES string of the molecule is O=C1COC([C@@H](Oc2ccccc2O)c2ccccc2)CN1. The molecule has 0 aliphatic carbocycles. The van der Waals surface area contributed by atoms with Gasteiger partial charge >= 0.3 is 0 Å². The summed E-state index contributed by atoms with van der Waals surface area (Å²) in [5.41, 5.74) is 0.923. The van der Waals surface area contributed by atoms with E-state index in [1.54, 1.807) is 24.3 Å². The normalized spacial score (nSPS) is 19.3. The molecule has 22 heavy (non-hydrogen) atoms. The predicted molar refractivity (Wildman–Crippen MR) is 80.7 cm³/mol. The van der Waals surface area contributed by atoms with E-state index in [0.717, 1.165) is 5.56 Å². The lowest BCUT2D eigenvalue weighted by molar-refractivity contribution is -0.137.